The molecule has 2 heteroatoms. The van der Waals surface area contributed by atoms with Crippen molar-refractivity contribution in [2.75, 3.05) is 26.4 Å². The molecule has 0 heterocycles. The summed E-state index contributed by atoms with van der Waals surface area (Å²) >= 11 is 1.92. The standard InChI is InChI=1S/C11H23NS/c1-5-6-7-8-9-13-11(2)10-12(3)4/h2,5-10H2,1,3-4H3. The van der Waals surface area contributed by atoms with Gasteiger partial charge in [-0.15, -0.1) is 11.8 Å². The highest BCUT2D eigenvalue weighted by Crippen LogP contribution is 2.16. The van der Waals surface area contributed by atoms with Crippen molar-refractivity contribution in [3.63, 3.8) is 0 Å². The van der Waals surface area contributed by atoms with Gasteiger partial charge in [-0.3, -0.25) is 0 Å². The van der Waals surface area contributed by atoms with E-state index in [1.807, 2.05) is 11.8 Å². The Morgan fingerprint density at radius 2 is 1.92 bits per heavy atom. The van der Waals surface area contributed by atoms with Gasteiger partial charge in [0.25, 0.3) is 0 Å². The minimum atomic E-state index is 1.01. The van der Waals surface area contributed by atoms with E-state index in [0.717, 1.165) is 6.54 Å². The molecule has 13 heavy (non-hydrogen) atoms. The molecule has 0 saturated carbocycles. The lowest BCUT2D eigenvalue weighted by Crippen LogP contribution is -2.13. The van der Waals surface area contributed by atoms with Gasteiger partial charge in [-0.25, -0.2) is 0 Å². The maximum absolute atomic E-state index is 4.03. The zero-order valence-electron chi connectivity index (χ0n) is 9.31. The molecule has 0 amide bonds. The highest BCUT2D eigenvalue weighted by molar-refractivity contribution is 8.03. The lowest BCUT2D eigenvalue weighted by atomic mass is 10.2. The molecule has 0 bridgehead atoms. The first-order valence-corrected chi connectivity index (χ1v) is 6.10. The molecule has 0 rings (SSSR count). The molecular weight excluding hydrogens is 178 g/mol. The lowest BCUT2D eigenvalue weighted by molar-refractivity contribution is 0.454. The van der Waals surface area contributed by atoms with Crippen molar-refractivity contribution in [2.45, 2.75) is 32.6 Å². The fraction of sp³-hybridized carbons (Fsp3) is 0.818. The molecule has 0 aliphatic heterocycles. The van der Waals surface area contributed by atoms with Crippen LogP contribution in [0.2, 0.25) is 0 Å². The summed E-state index contributed by atoms with van der Waals surface area (Å²) in [7, 11) is 4.17. The molecule has 78 valence electrons. The van der Waals surface area contributed by atoms with Gasteiger partial charge < -0.3 is 4.90 Å². The summed E-state index contributed by atoms with van der Waals surface area (Å²) in [5.41, 5.74) is 0. The molecule has 0 aromatic carbocycles. The average molecular weight is 201 g/mol. The van der Waals surface area contributed by atoms with Crippen molar-refractivity contribution >= 4 is 11.8 Å². The van der Waals surface area contributed by atoms with Gasteiger partial charge >= 0.3 is 0 Å². The van der Waals surface area contributed by atoms with Crippen LogP contribution in [0.4, 0.5) is 0 Å². The Morgan fingerprint density at radius 1 is 1.23 bits per heavy atom. The second-order valence-corrected chi connectivity index (χ2v) is 4.96. The molecule has 0 saturated heterocycles. The number of unbranched alkanes of at least 4 members (excludes halogenated alkanes) is 3. The van der Waals surface area contributed by atoms with Crippen LogP contribution in [0.3, 0.4) is 0 Å². The van der Waals surface area contributed by atoms with Crippen molar-refractivity contribution < 1.29 is 0 Å². The molecule has 0 atom stereocenters. The number of nitrogens with zero attached hydrogens (tertiary/aromatic N) is 1. The number of hydrogen-bond acceptors (Lipinski definition) is 2. The smallest absolute Gasteiger partial charge is 0.0281 e. The third kappa shape index (κ3) is 9.97. The molecule has 0 N–H and O–H groups in total. The number of rotatable bonds is 8. The Kier molecular flexibility index (Phi) is 8.67. The minimum Gasteiger partial charge on any atom is -0.305 e. The lowest BCUT2D eigenvalue weighted by Gasteiger charge is -2.11. The Morgan fingerprint density at radius 3 is 2.46 bits per heavy atom. The van der Waals surface area contributed by atoms with Crippen LogP contribution in [-0.4, -0.2) is 31.3 Å². The van der Waals surface area contributed by atoms with E-state index >= 15 is 0 Å². The Labute approximate surface area is 87.6 Å². The van der Waals surface area contributed by atoms with E-state index in [0.29, 0.717) is 0 Å². The van der Waals surface area contributed by atoms with Crippen molar-refractivity contribution in [3.05, 3.63) is 11.5 Å². The summed E-state index contributed by atoms with van der Waals surface area (Å²) in [6.07, 6.45) is 5.41. The largest absolute Gasteiger partial charge is 0.305 e. The van der Waals surface area contributed by atoms with E-state index in [2.05, 4.69) is 32.5 Å². The molecule has 1 nitrogen and oxygen atoms in total. The SMILES string of the molecule is C=C(CN(C)C)SCCCCCC. The molecule has 0 spiro atoms. The van der Waals surface area contributed by atoms with Crippen molar-refractivity contribution in [3.8, 4) is 0 Å². The van der Waals surface area contributed by atoms with E-state index in [9.17, 15) is 0 Å². The topological polar surface area (TPSA) is 3.24 Å². The van der Waals surface area contributed by atoms with E-state index in [1.54, 1.807) is 0 Å². The van der Waals surface area contributed by atoms with Crippen molar-refractivity contribution in [1.29, 1.82) is 0 Å². The average Bonchev–Trinajstić information content (AvgIpc) is 2.02. The van der Waals surface area contributed by atoms with Gasteiger partial charge in [0.05, 0.1) is 0 Å². The van der Waals surface area contributed by atoms with Gasteiger partial charge in [-0.05, 0) is 31.2 Å². The first-order chi connectivity index (χ1) is 6.16. The van der Waals surface area contributed by atoms with Crippen LogP contribution >= 0.6 is 11.8 Å². The summed E-state index contributed by atoms with van der Waals surface area (Å²) in [6.45, 7) is 7.29. The maximum atomic E-state index is 4.03. The van der Waals surface area contributed by atoms with Crippen LogP contribution in [0, 0.1) is 0 Å². The second kappa shape index (κ2) is 8.64. The zero-order chi connectivity index (χ0) is 10.1. The van der Waals surface area contributed by atoms with E-state index in [-0.39, 0.29) is 0 Å². The summed E-state index contributed by atoms with van der Waals surface area (Å²) in [6, 6.07) is 0. The number of likely N-dealkylation sites (N-methyl/N-ethyl adjacent to an activating group) is 1. The van der Waals surface area contributed by atoms with Crippen LogP contribution < -0.4 is 0 Å². The quantitative estimate of drug-likeness (QED) is 0.554. The predicted octanol–water partition coefficient (Wildman–Crippen LogP) is 3.38. The second-order valence-electron chi connectivity index (χ2n) is 3.69. The maximum Gasteiger partial charge on any atom is 0.0281 e. The van der Waals surface area contributed by atoms with Gasteiger partial charge in [-0.1, -0.05) is 32.8 Å². The normalized spacial score (nSPS) is 10.8. The van der Waals surface area contributed by atoms with Crippen LogP contribution in [0.25, 0.3) is 0 Å². The van der Waals surface area contributed by atoms with Gasteiger partial charge in [0.15, 0.2) is 0 Å². The molecule has 0 radical (unpaired) electrons. The van der Waals surface area contributed by atoms with Gasteiger partial charge in [0, 0.05) is 6.54 Å². The molecule has 0 fully saturated rings. The van der Waals surface area contributed by atoms with Crippen molar-refractivity contribution in [2.24, 2.45) is 0 Å². The Balaban J connectivity index is 3.17. The Hall–Kier alpha value is 0.0500. The molecule has 0 aliphatic carbocycles. The van der Waals surface area contributed by atoms with Gasteiger partial charge in [-0.2, -0.15) is 0 Å². The van der Waals surface area contributed by atoms with E-state index in [1.165, 1.54) is 36.3 Å². The first-order valence-electron chi connectivity index (χ1n) is 5.12. The predicted molar refractivity (Wildman–Crippen MR) is 64.3 cm³/mol. The number of thioether (sulfide) groups is 1. The number of hydrogen-bond donors (Lipinski definition) is 0. The monoisotopic (exact) mass is 201 g/mol. The molecular formula is C11H23NS. The molecule has 0 aromatic heterocycles. The third-order valence-electron chi connectivity index (χ3n) is 1.80. The van der Waals surface area contributed by atoms with Crippen LogP contribution in [0.15, 0.2) is 11.5 Å². The van der Waals surface area contributed by atoms with E-state index < -0.39 is 0 Å². The highest BCUT2D eigenvalue weighted by Gasteiger charge is 1.96. The van der Waals surface area contributed by atoms with E-state index in [4.69, 9.17) is 0 Å². The van der Waals surface area contributed by atoms with Crippen LogP contribution in [0.1, 0.15) is 32.6 Å². The summed E-state index contributed by atoms with van der Waals surface area (Å²) in [4.78, 5) is 3.46. The van der Waals surface area contributed by atoms with Crippen LogP contribution in [0.5, 0.6) is 0 Å². The first kappa shape index (κ1) is 13.1. The molecule has 0 aliphatic rings. The fourth-order valence-corrected chi connectivity index (χ4v) is 2.13. The minimum absolute atomic E-state index is 1.01. The zero-order valence-corrected chi connectivity index (χ0v) is 10.1. The highest BCUT2D eigenvalue weighted by atomic mass is 32.2. The summed E-state index contributed by atoms with van der Waals surface area (Å²) < 4.78 is 0. The molecule has 0 aromatic rings. The van der Waals surface area contributed by atoms with Gasteiger partial charge in [0.1, 0.15) is 0 Å². The summed E-state index contributed by atoms with van der Waals surface area (Å²) in [5, 5.41) is 0. The van der Waals surface area contributed by atoms with Gasteiger partial charge in [0.2, 0.25) is 0 Å². The van der Waals surface area contributed by atoms with Crippen LogP contribution in [-0.2, 0) is 0 Å². The summed E-state index contributed by atoms with van der Waals surface area (Å²) in [5.74, 6) is 1.24. The fourth-order valence-electron chi connectivity index (χ4n) is 1.14. The molecule has 0 unspecified atom stereocenters. The third-order valence-corrected chi connectivity index (χ3v) is 2.83. The Bertz CT molecular complexity index is 132. The van der Waals surface area contributed by atoms with Crippen molar-refractivity contribution in [1.82, 2.24) is 4.90 Å².